The van der Waals surface area contributed by atoms with E-state index in [0.29, 0.717) is 5.56 Å². The summed E-state index contributed by atoms with van der Waals surface area (Å²) in [6, 6.07) is 1.43. The molecule has 0 saturated heterocycles. The van der Waals surface area contributed by atoms with E-state index in [-0.39, 0.29) is 22.5 Å². The van der Waals surface area contributed by atoms with Crippen molar-refractivity contribution >= 4 is 33.5 Å². The van der Waals surface area contributed by atoms with Crippen LogP contribution in [0.4, 0.5) is 8.78 Å². The molecule has 94 valence electrons. The second-order valence-corrected chi connectivity index (χ2v) is 4.19. The van der Waals surface area contributed by atoms with Crippen LogP contribution in [0.1, 0.15) is 23.2 Å². The highest BCUT2D eigenvalue weighted by Crippen LogP contribution is 2.27. The number of halogens is 4. The molecular weight excluding hydrogens is 319 g/mol. The number of alkyl halides is 3. The van der Waals surface area contributed by atoms with E-state index < -0.39 is 18.1 Å². The number of rotatable bonds is 4. The number of pyridine rings is 1. The van der Waals surface area contributed by atoms with Gasteiger partial charge >= 0.3 is 5.97 Å². The van der Waals surface area contributed by atoms with Gasteiger partial charge in [0.25, 0.3) is 6.43 Å². The van der Waals surface area contributed by atoms with Gasteiger partial charge in [-0.25, -0.2) is 13.8 Å². The smallest absolute Gasteiger partial charge is 0.310 e. The third-order valence-corrected chi connectivity index (χ3v) is 3.05. The molecule has 0 aliphatic carbocycles. The Labute approximate surface area is 110 Å². The van der Waals surface area contributed by atoms with E-state index in [9.17, 15) is 13.6 Å². The second-order valence-electron chi connectivity index (χ2n) is 3.17. The lowest BCUT2D eigenvalue weighted by Crippen LogP contribution is -2.09. The van der Waals surface area contributed by atoms with Crippen LogP contribution in [0, 0.1) is 0 Å². The zero-order valence-electron chi connectivity index (χ0n) is 8.84. The highest BCUT2D eigenvalue weighted by molar-refractivity contribution is 9.10. The van der Waals surface area contributed by atoms with E-state index in [1.807, 2.05) is 0 Å². The second kappa shape index (κ2) is 6.26. The van der Waals surface area contributed by atoms with Crippen LogP contribution in [0.5, 0.6) is 0 Å². The molecule has 0 aromatic carbocycles. The number of esters is 1. The van der Waals surface area contributed by atoms with Crippen LogP contribution in [0.15, 0.2) is 10.7 Å². The SMILES string of the molecule is COC(=O)Cc1cc(CCl)c(Br)nc1C(F)F. The van der Waals surface area contributed by atoms with Gasteiger partial charge in [-0.05, 0) is 27.6 Å². The first-order chi connectivity index (χ1) is 7.99. The van der Waals surface area contributed by atoms with E-state index in [1.54, 1.807) is 0 Å². The highest BCUT2D eigenvalue weighted by atomic mass is 79.9. The third kappa shape index (κ3) is 3.61. The predicted molar refractivity (Wildman–Crippen MR) is 62.2 cm³/mol. The molecule has 0 radical (unpaired) electrons. The van der Waals surface area contributed by atoms with Crippen molar-refractivity contribution in [1.82, 2.24) is 4.98 Å². The van der Waals surface area contributed by atoms with Crippen LogP contribution in [-0.4, -0.2) is 18.1 Å². The van der Waals surface area contributed by atoms with Crippen LogP contribution < -0.4 is 0 Å². The van der Waals surface area contributed by atoms with Gasteiger partial charge in [0.2, 0.25) is 0 Å². The number of methoxy groups -OCH3 is 1. The minimum absolute atomic E-state index is 0.116. The molecule has 7 heteroatoms. The van der Waals surface area contributed by atoms with Crippen molar-refractivity contribution in [3.63, 3.8) is 0 Å². The van der Waals surface area contributed by atoms with E-state index in [4.69, 9.17) is 11.6 Å². The molecule has 1 rings (SSSR count). The van der Waals surface area contributed by atoms with Gasteiger partial charge in [0.05, 0.1) is 19.4 Å². The standard InChI is InChI=1S/C10H9BrClF2NO2/c1-17-7(16)3-5-2-6(4-12)9(11)15-8(5)10(13)14/h2,10H,3-4H2,1H3. The number of ether oxygens (including phenoxy) is 1. The summed E-state index contributed by atoms with van der Waals surface area (Å²) in [5, 5.41) is 0. The maximum Gasteiger partial charge on any atom is 0.310 e. The first kappa shape index (κ1) is 14.3. The first-order valence-corrected chi connectivity index (χ1v) is 5.91. The molecule has 0 spiro atoms. The summed E-state index contributed by atoms with van der Waals surface area (Å²) in [5.41, 5.74) is 0.247. The molecule has 0 unspecified atom stereocenters. The molecule has 1 aromatic heterocycles. The van der Waals surface area contributed by atoms with Crippen LogP contribution in [0.3, 0.4) is 0 Å². The number of nitrogens with zero attached hydrogens (tertiary/aromatic N) is 1. The third-order valence-electron chi connectivity index (χ3n) is 2.07. The number of carbonyl (C=O) groups excluding carboxylic acids is 1. The number of hydrogen-bond donors (Lipinski definition) is 0. The molecule has 0 amide bonds. The molecule has 17 heavy (non-hydrogen) atoms. The fraction of sp³-hybridized carbons (Fsp3) is 0.400. The Bertz CT molecular complexity index is 429. The lowest BCUT2D eigenvalue weighted by Gasteiger charge is -2.10. The molecule has 0 saturated carbocycles. The van der Waals surface area contributed by atoms with E-state index in [1.165, 1.54) is 13.2 Å². The minimum atomic E-state index is -2.75. The number of carbonyl (C=O) groups is 1. The summed E-state index contributed by atoms with van der Waals surface area (Å²) in [5.74, 6) is -0.484. The monoisotopic (exact) mass is 327 g/mol. The van der Waals surface area contributed by atoms with Crippen molar-refractivity contribution in [3.8, 4) is 0 Å². The van der Waals surface area contributed by atoms with Crippen molar-refractivity contribution < 1.29 is 18.3 Å². The molecule has 0 atom stereocenters. The van der Waals surface area contributed by atoms with Gasteiger partial charge in [-0.1, -0.05) is 0 Å². The van der Waals surface area contributed by atoms with Crippen LogP contribution in [0.25, 0.3) is 0 Å². The van der Waals surface area contributed by atoms with Gasteiger partial charge in [-0.3, -0.25) is 4.79 Å². The fourth-order valence-corrected chi connectivity index (χ4v) is 2.06. The minimum Gasteiger partial charge on any atom is -0.469 e. The van der Waals surface area contributed by atoms with E-state index in [0.717, 1.165) is 0 Å². The fourth-order valence-electron chi connectivity index (χ4n) is 1.25. The Balaban J connectivity index is 3.19. The van der Waals surface area contributed by atoms with Crippen molar-refractivity contribution in [2.45, 2.75) is 18.7 Å². The van der Waals surface area contributed by atoms with Gasteiger partial charge in [-0.2, -0.15) is 0 Å². The molecule has 0 fully saturated rings. The lowest BCUT2D eigenvalue weighted by molar-refractivity contribution is -0.139. The predicted octanol–water partition coefficient (Wildman–Crippen LogP) is 3.24. The van der Waals surface area contributed by atoms with Crippen molar-refractivity contribution in [2.75, 3.05) is 7.11 Å². The summed E-state index contributed by atoms with van der Waals surface area (Å²) in [6.07, 6.45) is -3.00. The van der Waals surface area contributed by atoms with Crippen molar-refractivity contribution in [3.05, 3.63) is 27.5 Å². The zero-order chi connectivity index (χ0) is 13.0. The summed E-state index contributed by atoms with van der Waals surface area (Å²) < 4.78 is 30.2. The molecule has 0 N–H and O–H groups in total. The normalized spacial score (nSPS) is 10.7. The van der Waals surface area contributed by atoms with Crippen LogP contribution >= 0.6 is 27.5 Å². The topological polar surface area (TPSA) is 39.2 Å². The Morgan fingerprint density at radius 3 is 2.71 bits per heavy atom. The van der Waals surface area contributed by atoms with Gasteiger partial charge in [0.15, 0.2) is 0 Å². The van der Waals surface area contributed by atoms with E-state index >= 15 is 0 Å². The summed E-state index contributed by atoms with van der Waals surface area (Å²) in [4.78, 5) is 14.8. The first-order valence-electron chi connectivity index (χ1n) is 4.58. The van der Waals surface area contributed by atoms with Gasteiger partial charge < -0.3 is 4.74 Å². The average molecular weight is 329 g/mol. The maximum absolute atomic E-state index is 12.7. The zero-order valence-corrected chi connectivity index (χ0v) is 11.2. The molecule has 0 aliphatic rings. The Hall–Kier alpha value is -0.750. The molecule has 1 aromatic rings. The summed E-state index contributed by atoms with van der Waals surface area (Å²) in [7, 11) is 1.19. The summed E-state index contributed by atoms with van der Waals surface area (Å²) >= 11 is 8.68. The van der Waals surface area contributed by atoms with Gasteiger partial charge in [-0.15, -0.1) is 11.6 Å². The largest absolute Gasteiger partial charge is 0.469 e. The van der Waals surface area contributed by atoms with Crippen LogP contribution in [0.2, 0.25) is 0 Å². The van der Waals surface area contributed by atoms with Gasteiger partial charge in [0.1, 0.15) is 10.3 Å². The Kier molecular flexibility index (Phi) is 5.27. The highest BCUT2D eigenvalue weighted by Gasteiger charge is 2.19. The molecule has 1 heterocycles. The number of hydrogen-bond acceptors (Lipinski definition) is 3. The lowest BCUT2D eigenvalue weighted by atomic mass is 10.1. The number of aromatic nitrogens is 1. The van der Waals surface area contributed by atoms with Crippen molar-refractivity contribution in [1.29, 1.82) is 0 Å². The molecular formula is C10H9BrClF2NO2. The average Bonchev–Trinajstić information content (AvgIpc) is 2.30. The summed E-state index contributed by atoms with van der Waals surface area (Å²) in [6.45, 7) is 0. The van der Waals surface area contributed by atoms with E-state index in [2.05, 4.69) is 25.7 Å². The molecule has 0 bridgehead atoms. The quantitative estimate of drug-likeness (QED) is 0.484. The molecule has 3 nitrogen and oxygen atoms in total. The van der Waals surface area contributed by atoms with Crippen molar-refractivity contribution in [2.24, 2.45) is 0 Å². The Morgan fingerprint density at radius 1 is 1.59 bits per heavy atom. The maximum atomic E-state index is 12.7. The van der Waals surface area contributed by atoms with Crippen LogP contribution in [-0.2, 0) is 21.8 Å². The Morgan fingerprint density at radius 2 is 2.24 bits per heavy atom. The molecule has 0 aliphatic heterocycles. The van der Waals surface area contributed by atoms with Gasteiger partial charge in [0, 0.05) is 5.56 Å².